The van der Waals surface area contributed by atoms with Gasteiger partial charge in [0, 0.05) is 17.6 Å². The molecule has 5 nitrogen and oxygen atoms in total. The molecule has 2 aliphatic heterocycles. The van der Waals surface area contributed by atoms with Crippen molar-refractivity contribution in [1.82, 2.24) is 10.2 Å². The molecule has 30 heavy (non-hydrogen) atoms. The average molecular weight is 411 g/mol. The Hall–Kier alpha value is -1.85. The van der Waals surface area contributed by atoms with E-state index in [2.05, 4.69) is 37.2 Å². The van der Waals surface area contributed by atoms with Gasteiger partial charge in [0.25, 0.3) is 0 Å². The predicted molar refractivity (Wildman–Crippen MR) is 117 cm³/mol. The molecule has 0 saturated carbocycles. The molecule has 1 saturated heterocycles. The Morgan fingerprint density at radius 3 is 2.97 bits per heavy atom. The van der Waals surface area contributed by atoms with Gasteiger partial charge in [-0.25, -0.2) is 0 Å². The summed E-state index contributed by atoms with van der Waals surface area (Å²) in [6.45, 7) is 5.45. The van der Waals surface area contributed by atoms with Gasteiger partial charge >= 0.3 is 0 Å². The number of nitrogens with one attached hydrogen (secondary N) is 1. The molecule has 5 atom stereocenters. The van der Waals surface area contributed by atoms with Crippen molar-refractivity contribution in [2.75, 3.05) is 13.6 Å². The zero-order valence-corrected chi connectivity index (χ0v) is 18.4. The van der Waals surface area contributed by atoms with Crippen molar-refractivity contribution >= 4 is 5.78 Å². The summed E-state index contributed by atoms with van der Waals surface area (Å²) in [5, 5.41) is 14.6. The molecule has 5 rings (SSSR count). The summed E-state index contributed by atoms with van der Waals surface area (Å²) in [6.07, 6.45) is 11.2. The normalized spacial score (nSPS) is 34.6. The number of carbonyl (C=O) groups is 1. The topological polar surface area (TPSA) is 61.8 Å². The molecule has 162 valence electrons. The Kier molecular flexibility index (Phi) is 4.75. The fourth-order valence-electron chi connectivity index (χ4n) is 6.80. The third kappa shape index (κ3) is 2.51. The van der Waals surface area contributed by atoms with Crippen LogP contribution in [0.3, 0.4) is 0 Å². The minimum Gasteiger partial charge on any atom is -0.504 e. The molecule has 0 aromatic heterocycles. The molecule has 2 N–H and O–H groups in total. The fourth-order valence-corrected chi connectivity index (χ4v) is 6.80. The van der Waals surface area contributed by atoms with Crippen LogP contribution < -0.4 is 10.1 Å². The Morgan fingerprint density at radius 1 is 1.33 bits per heavy atom. The molecule has 2 bridgehead atoms. The number of phenolic OH excluding ortho intramolecular Hbond substituents is 1. The highest BCUT2D eigenvalue weighted by molar-refractivity contribution is 5.99. The molecular formula is C25H34N2O3. The lowest BCUT2D eigenvalue weighted by Crippen LogP contribution is -2.80. The van der Waals surface area contributed by atoms with Crippen LogP contribution in [0.25, 0.3) is 0 Å². The number of piperidine rings is 1. The number of ketones is 1. The van der Waals surface area contributed by atoms with Gasteiger partial charge in [0.2, 0.25) is 0 Å². The van der Waals surface area contributed by atoms with Gasteiger partial charge in [-0.2, -0.15) is 0 Å². The zero-order chi connectivity index (χ0) is 21.1. The van der Waals surface area contributed by atoms with E-state index in [0.717, 1.165) is 31.4 Å². The summed E-state index contributed by atoms with van der Waals surface area (Å²) in [4.78, 5) is 15.5. The molecule has 5 heteroatoms. The van der Waals surface area contributed by atoms with E-state index in [-0.39, 0.29) is 23.1 Å². The number of carbonyl (C=O) groups excluding carboxylic acids is 1. The minimum absolute atomic E-state index is 0.0229. The van der Waals surface area contributed by atoms with Gasteiger partial charge in [0.05, 0.1) is 11.0 Å². The Labute approximate surface area is 179 Å². The van der Waals surface area contributed by atoms with Crippen LogP contribution in [0.5, 0.6) is 11.5 Å². The highest BCUT2D eigenvalue weighted by Crippen LogP contribution is 2.63. The van der Waals surface area contributed by atoms with E-state index in [9.17, 15) is 9.90 Å². The second-order valence-corrected chi connectivity index (χ2v) is 9.87. The highest BCUT2D eigenvalue weighted by atomic mass is 16.5. The maximum atomic E-state index is 13.1. The smallest absolute Gasteiger partial charge is 0.196 e. The highest BCUT2D eigenvalue weighted by Gasteiger charge is 2.71. The van der Waals surface area contributed by atoms with Crippen LogP contribution in [0.2, 0.25) is 0 Å². The van der Waals surface area contributed by atoms with Crippen LogP contribution in [0.15, 0.2) is 24.3 Å². The van der Waals surface area contributed by atoms with E-state index in [1.807, 2.05) is 6.07 Å². The fraction of sp³-hybridized carbons (Fsp3) is 0.640. The van der Waals surface area contributed by atoms with Crippen LogP contribution in [0.4, 0.5) is 0 Å². The number of ether oxygens (including phenoxy) is 1. The quantitative estimate of drug-likeness (QED) is 0.674. The van der Waals surface area contributed by atoms with Crippen molar-refractivity contribution < 1.29 is 14.6 Å². The molecule has 2 aliphatic carbocycles. The number of hydrogen-bond donors (Lipinski definition) is 2. The first-order valence-electron chi connectivity index (χ1n) is 11.7. The van der Waals surface area contributed by atoms with Gasteiger partial charge in [-0.05, 0) is 57.5 Å². The molecule has 1 spiro atoms. The Bertz CT molecular complexity index is 897. The Morgan fingerprint density at radius 2 is 2.17 bits per heavy atom. The van der Waals surface area contributed by atoms with Crippen molar-refractivity contribution in [3.63, 3.8) is 0 Å². The number of phenols is 1. The molecule has 0 radical (unpaired) electrons. The lowest BCUT2D eigenvalue weighted by molar-refractivity contribution is -0.130. The molecule has 1 aromatic rings. The second-order valence-electron chi connectivity index (χ2n) is 9.87. The number of likely N-dealkylation sites (N-methyl/N-ethyl adjacent to an activating group) is 1. The summed E-state index contributed by atoms with van der Waals surface area (Å²) in [7, 11) is 2.20. The van der Waals surface area contributed by atoms with Crippen molar-refractivity contribution in [2.24, 2.45) is 0 Å². The van der Waals surface area contributed by atoms with Crippen molar-refractivity contribution in [1.29, 1.82) is 0 Å². The summed E-state index contributed by atoms with van der Waals surface area (Å²) >= 11 is 0. The maximum absolute atomic E-state index is 13.1. The largest absolute Gasteiger partial charge is 0.504 e. The van der Waals surface area contributed by atoms with E-state index >= 15 is 0 Å². The maximum Gasteiger partial charge on any atom is 0.196 e. The first kappa shape index (κ1) is 20.1. The summed E-state index contributed by atoms with van der Waals surface area (Å²) in [5.74, 6) is 0.721. The first-order valence-corrected chi connectivity index (χ1v) is 11.7. The van der Waals surface area contributed by atoms with E-state index in [4.69, 9.17) is 4.74 Å². The third-order valence-electron chi connectivity index (χ3n) is 8.17. The van der Waals surface area contributed by atoms with E-state index in [1.54, 1.807) is 12.1 Å². The second kappa shape index (κ2) is 7.10. The number of rotatable bonds is 7. The van der Waals surface area contributed by atoms with Crippen LogP contribution in [0, 0.1) is 0 Å². The molecule has 1 unspecified atom stereocenters. The molecule has 1 aromatic carbocycles. The van der Waals surface area contributed by atoms with Gasteiger partial charge in [-0.1, -0.05) is 44.7 Å². The molecule has 2 heterocycles. The summed E-state index contributed by atoms with van der Waals surface area (Å²) in [6, 6.07) is 4.36. The SMILES string of the molecule is CCCCCCC(C)N[C@@]12C=CC(=O)[C@@H]3Oc4c(O)ccc5c4[C@@]31CCN(C)[C@@H]2C5. The van der Waals surface area contributed by atoms with Crippen LogP contribution >= 0.6 is 0 Å². The molecular weight excluding hydrogens is 376 g/mol. The van der Waals surface area contributed by atoms with Gasteiger partial charge in [-0.3, -0.25) is 4.79 Å². The van der Waals surface area contributed by atoms with Crippen molar-refractivity contribution in [2.45, 2.75) is 87.9 Å². The molecule has 0 amide bonds. The third-order valence-corrected chi connectivity index (χ3v) is 8.17. The van der Waals surface area contributed by atoms with Crippen molar-refractivity contribution in [3.8, 4) is 11.5 Å². The summed E-state index contributed by atoms with van der Waals surface area (Å²) < 4.78 is 6.27. The van der Waals surface area contributed by atoms with Crippen LogP contribution in [0.1, 0.15) is 63.5 Å². The summed E-state index contributed by atoms with van der Waals surface area (Å²) in [5.41, 5.74) is 1.49. The lowest BCUT2D eigenvalue weighted by atomic mass is 9.49. The van der Waals surface area contributed by atoms with Gasteiger partial charge < -0.3 is 20.1 Å². The number of aromatic hydroxyl groups is 1. The van der Waals surface area contributed by atoms with Gasteiger partial charge in [-0.15, -0.1) is 0 Å². The standard InChI is InChI=1S/C25H34N2O3/c1-4-5-6-7-8-16(2)26-25-12-11-19(29)23-24(25)13-14-27(3)20(25)15-17-9-10-18(28)22(30-23)21(17)24/h9-12,16,20,23,26,28H,4-8,13-15H2,1-3H3/t16?,20-,23+,24+,25-/m1/s1. The van der Waals surface area contributed by atoms with E-state index < -0.39 is 11.5 Å². The predicted octanol–water partition coefficient (Wildman–Crippen LogP) is 3.48. The number of unbranched alkanes of at least 4 members (excludes halogenated alkanes) is 3. The molecule has 4 aliphatic rings. The number of benzene rings is 1. The van der Waals surface area contributed by atoms with Gasteiger partial charge in [0.15, 0.2) is 23.4 Å². The number of likely N-dealkylation sites (tertiary alicyclic amines) is 1. The van der Waals surface area contributed by atoms with E-state index in [0.29, 0.717) is 11.8 Å². The zero-order valence-electron chi connectivity index (χ0n) is 18.4. The van der Waals surface area contributed by atoms with Crippen molar-refractivity contribution in [3.05, 3.63) is 35.4 Å². The van der Waals surface area contributed by atoms with Crippen LogP contribution in [-0.4, -0.2) is 53.1 Å². The number of hydrogen-bond acceptors (Lipinski definition) is 5. The first-order chi connectivity index (χ1) is 14.4. The van der Waals surface area contributed by atoms with Gasteiger partial charge in [0.1, 0.15) is 0 Å². The minimum atomic E-state index is -0.555. The Balaban J connectivity index is 1.61. The molecule has 1 fully saturated rings. The number of nitrogens with zero attached hydrogens (tertiary/aromatic N) is 1. The monoisotopic (exact) mass is 410 g/mol. The average Bonchev–Trinajstić information content (AvgIpc) is 3.08. The van der Waals surface area contributed by atoms with Crippen LogP contribution in [-0.2, 0) is 16.6 Å². The lowest BCUT2D eigenvalue weighted by Gasteiger charge is -2.63. The van der Waals surface area contributed by atoms with E-state index in [1.165, 1.54) is 31.2 Å².